The minimum Gasteiger partial charge on any atom is -0.378 e. The largest absolute Gasteiger partial charge is 0.378 e. The number of nitrogens with one attached hydrogen (secondary N) is 1. The maximum absolute atomic E-state index is 12.8. The number of hydrogen-bond donors (Lipinski definition) is 1. The van der Waals surface area contributed by atoms with Crippen molar-refractivity contribution in [1.82, 2.24) is 9.38 Å². The van der Waals surface area contributed by atoms with Gasteiger partial charge in [0, 0.05) is 36.0 Å². The maximum atomic E-state index is 12.8. The SMILES string of the molecule is Cc1nc2sccn2c(=O)c1S(=O)(=O)Nc1ccc(N2CCOCC2)cc1. The second-order valence-corrected chi connectivity index (χ2v) is 8.63. The van der Waals surface area contributed by atoms with Crippen molar-refractivity contribution in [3.05, 3.63) is 51.9 Å². The summed E-state index contributed by atoms with van der Waals surface area (Å²) in [7, 11) is -4.06. The van der Waals surface area contributed by atoms with Crippen LogP contribution in [0, 0.1) is 6.92 Å². The first-order valence-corrected chi connectivity index (χ1v) is 10.7. The van der Waals surface area contributed by atoms with Crippen molar-refractivity contribution in [3.63, 3.8) is 0 Å². The molecule has 2 aromatic heterocycles. The van der Waals surface area contributed by atoms with E-state index < -0.39 is 15.6 Å². The van der Waals surface area contributed by atoms with Crippen molar-refractivity contribution in [2.75, 3.05) is 35.9 Å². The van der Waals surface area contributed by atoms with Gasteiger partial charge in [0.25, 0.3) is 15.6 Å². The van der Waals surface area contributed by atoms with Gasteiger partial charge in [-0.1, -0.05) is 0 Å². The summed E-state index contributed by atoms with van der Waals surface area (Å²) in [6.45, 7) is 4.48. The summed E-state index contributed by atoms with van der Waals surface area (Å²) in [5.74, 6) is 0. The molecule has 142 valence electrons. The fourth-order valence-electron chi connectivity index (χ4n) is 3.04. The Morgan fingerprint density at radius 3 is 2.59 bits per heavy atom. The lowest BCUT2D eigenvalue weighted by Gasteiger charge is -2.28. The normalized spacial score (nSPS) is 15.2. The van der Waals surface area contributed by atoms with E-state index in [4.69, 9.17) is 4.74 Å². The fourth-order valence-corrected chi connectivity index (χ4v) is 5.11. The molecule has 0 spiro atoms. The highest BCUT2D eigenvalue weighted by molar-refractivity contribution is 7.92. The standard InChI is InChI=1S/C17H18N4O4S2/c1-12-15(16(22)21-8-11-26-17(21)18-12)27(23,24)19-13-2-4-14(5-3-13)20-6-9-25-10-7-20/h2-5,8,11,19H,6-7,9-10H2,1H3. The second kappa shape index (κ2) is 6.95. The minimum absolute atomic E-state index is 0.180. The van der Waals surface area contributed by atoms with Crippen LogP contribution in [0.5, 0.6) is 0 Å². The van der Waals surface area contributed by atoms with Gasteiger partial charge in [-0.2, -0.15) is 0 Å². The first kappa shape index (κ1) is 18.0. The number of fused-ring (bicyclic) bond motifs is 1. The molecule has 3 aromatic rings. The molecule has 1 saturated heterocycles. The highest BCUT2D eigenvalue weighted by Gasteiger charge is 2.24. The molecule has 1 N–H and O–H groups in total. The molecule has 0 amide bonds. The van der Waals surface area contributed by atoms with Gasteiger partial charge in [0.2, 0.25) is 0 Å². The lowest BCUT2D eigenvalue weighted by atomic mass is 10.2. The first-order chi connectivity index (χ1) is 13.0. The van der Waals surface area contributed by atoms with Gasteiger partial charge < -0.3 is 9.64 Å². The molecular weight excluding hydrogens is 388 g/mol. The van der Waals surface area contributed by atoms with Crippen LogP contribution >= 0.6 is 11.3 Å². The molecule has 1 aliphatic heterocycles. The number of ether oxygens (including phenoxy) is 1. The van der Waals surface area contributed by atoms with Crippen LogP contribution in [0.2, 0.25) is 0 Å². The predicted molar refractivity (Wildman–Crippen MR) is 104 cm³/mol. The Morgan fingerprint density at radius 2 is 1.89 bits per heavy atom. The van der Waals surface area contributed by atoms with Crippen molar-refractivity contribution in [3.8, 4) is 0 Å². The average molecular weight is 406 g/mol. The van der Waals surface area contributed by atoms with E-state index in [9.17, 15) is 13.2 Å². The molecule has 0 bridgehead atoms. The predicted octanol–water partition coefficient (Wildman–Crippen LogP) is 1.70. The molecule has 1 aromatic carbocycles. The Balaban J connectivity index is 1.63. The third-order valence-corrected chi connectivity index (χ3v) is 6.63. The number of hydrogen-bond acceptors (Lipinski definition) is 7. The van der Waals surface area contributed by atoms with E-state index >= 15 is 0 Å². The minimum atomic E-state index is -4.06. The van der Waals surface area contributed by atoms with Gasteiger partial charge >= 0.3 is 0 Å². The van der Waals surface area contributed by atoms with Crippen LogP contribution in [-0.2, 0) is 14.8 Å². The number of aryl methyl sites for hydroxylation is 1. The fraction of sp³-hybridized carbons (Fsp3) is 0.294. The smallest absolute Gasteiger partial charge is 0.279 e. The van der Waals surface area contributed by atoms with Gasteiger partial charge in [-0.05, 0) is 31.2 Å². The number of benzene rings is 1. The zero-order valence-corrected chi connectivity index (χ0v) is 16.2. The van der Waals surface area contributed by atoms with Gasteiger partial charge in [0.05, 0.1) is 18.9 Å². The van der Waals surface area contributed by atoms with Crippen molar-refractivity contribution in [2.24, 2.45) is 0 Å². The summed E-state index contributed by atoms with van der Waals surface area (Å²) in [6, 6.07) is 7.07. The topological polar surface area (TPSA) is 93.0 Å². The highest BCUT2D eigenvalue weighted by atomic mass is 32.2. The number of aromatic nitrogens is 2. The Kier molecular flexibility index (Phi) is 4.62. The van der Waals surface area contributed by atoms with E-state index in [1.54, 1.807) is 17.5 Å². The summed E-state index contributed by atoms with van der Waals surface area (Å²) in [5.41, 5.74) is 0.969. The van der Waals surface area contributed by atoms with Crippen molar-refractivity contribution < 1.29 is 13.2 Å². The number of anilines is 2. The quantitative estimate of drug-likeness (QED) is 0.709. The van der Waals surface area contributed by atoms with E-state index in [2.05, 4.69) is 14.6 Å². The van der Waals surface area contributed by atoms with E-state index in [0.29, 0.717) is 23.9 Å². The van der Waals surface area contributed by atoms with Gasteiger partial charge in [-0.25, -0.2) is 13.4 Å². The molecule has 0 atom stereocenters. The van der Waals surface area contributed by atoms with Crippen molar-refractivity contribution in [2.45, 2.75) is 11.8 Å². The zero-order chi connectivity index (χ0) is 19.0. The number of rotatable bonds is 4. The summed E-state index contributed by atoms with van der Waals surface area (Å²) in [6.07, 6.45) is 1.52. The average Bonchev–Trinajstić information content (AvgIpc) is 3.11. The van der Waals surface area contributed by atoms with E-state index in [-0.39, 0.29) is 10.6 Å². The van der Waals surface area contributed by atoms with Crippen LogP contribution in [-0.4, -0.2) is 44.1 Å². The third kappa shape index (κ3) is 3.43. The molecule has 0 unspecified atom stereocenters. The molecule has 10 heteroatoms. The number of thiazole rings is 1. The molecule has 4 rings (SSSR count). The van der Waals surface area contributed by atoms with E-state index in [0.717, 1.165) is 18.8 Å². The Morgan fingerprint density at radius 1 is 1.19 bits per heavy atom. The Labute approximate surface area is 160 Å². The number of sulfonamides is 1. The van der Waals surface area contributed by atoms with Gasteiger partial charge in [0.15, 0.2) is 9.86 Å². The van der Waals surface area contributed by atoms with Crippen LogP contribution in [0.4, 0.5) is 11.4 Å². The van der Waals surface area contributed by atoms with Crippen molar-refractivity contribution in [1.29, 1.82) is 0 Å². The Bertz CT molecular complexity index is 1130. The Hall–Kier alpha value is -2.43. The first-order valence-electron chi connectivity index (χ1n) is 8.38. The number of morpholine rings is 1. The molecule has 27 heavy (non-hydrogen) atoms. The molecule has 3 heterocycles. The van der Waals surface area contributed by atoms with Crippen LogP contribution in [0.3, 0.4) is 0 Å². The monoisotopic (exact) mass is 406 g/mol. The summed E-state index contributed by atoms with van der Waals surface area (Å²) in [5, 5.41) is 1.69. The molecule has 0 aliphatic carbocycles. The summed E-state index contributed by atoms with van der Waals surface area (Å²) >= 11 is 1.28. The zero-order valence-electron chi connectivity index (χ0n) is 14.6. The summed E-state index contributed by atoms with van der Waals surface area (Å²) < 4.78 is 34.7. The maximum Gasteiger partial charge on any atom is 0.279 e. The molecule has 1 fully saturated rings. The molecule has 1 aliphatic rings. The van der Waals surface area contributed by atoms with E-state index in [1.807, 2.05) is 12.1 Å². The van der Waals surface area contributed by atoms with Gasteiger partial charge in [-0.15, -0.1) is 11.3 Å². The summed E-state index contributed by atoms with van der Waals surface area (Å²) in [4.78, 5) is 19.1. The van der Waals surface area contributed by atoms with Gasteiger partial charge in [0.1, 0.15) is 0 Å². The van der Waals surface area contributed by atoms with E-state index in [1.165, 1.54) is 28.9 Å². The van der Waals surface area contributed by atoms with Crippen LogP contribution in [0.1, 0.15) is 5.69 Å². The third-order valence-electron chi connectivity index (χ3n) is 4.36. The van der Waals surface area contributed by atoms with Crippen LogP contribution in [0.15, 0.2) is 45.5 Å². The van der Waals surface area contributed by atoms with Gasteiger partial charge in [-0.3, -0.25) is 13.9 Å². The highest BCUT2D eigenvalue weighted by Crippen LogP contribution is 2.22. The second-order valence-electron chi connectivity index (χ2n) is 6.14. The molecule has 8 nitrogen and oxygen atoms in total. The van der Waals surface area contributed by atoms with Crippen LogP contribution in [0.25, 0.3) is 4.96 Å². The van der Waals surface area contributed by atoms with Crippen LogP contribution < -0.4 is 15.2 Å². The lowest BCUT2D eigenvalue weighted by Crippen LogP contribution is -2.36. The molecule has 0 radical (unpaired) electrons. The van der Waals surface area contributed by atoms with Crippen molar-refractivity contribution >= 4 is 37.7 Å². The molecule has 0 saturated carbocycles. The molecular formula is C17H18N4O4S2. The number of nitrogens with zero attached hydrogens (tertiary/aromatic N) is 3. The lowest BCUT2D eigenvalue weighted by molar-refractivity contribution is 0.122.